The number of rotatable bonds is 0. The van der Waals surface area contributed by atoms with Crippen molar-refractivity contribution in [2.24, 2.45) is 7.05 Å². The molecule has 3 rings (SSSR count). The Hall–Kier alpha value is -1.29. The summed E-state index contributed by atoms with van der Waals surface area (Å²) in [5, 5.41) is 4.07. The van der Waals surface area contributed by atoms with Gasteiger partial charge in [-0.05, 0) is 30.2 Å². The van der Waals surface area contributed by atoms with Crippen LogP contribution in [-0.4, -0.2) is 17.0 Å². The minimum absolute atomic E-state index is 0.0380. The molecule has 4 heteroatoms. The molecule has 1 amide bonds. The number of nitrogens with zero attached hydrogens (tertiary/aromatic N) is 1. The molecule has 0 fully saturated rings. The zero-order valence-electron chi connectivity index (χ0n) is 8.88. The number of fused-ring (bicyclic) bond motifs is 3. The first-order chi connectivity index (χ1) is 7.68. The number of benzene rings is 1. The lowest BCUT2D eigenvalue weighted by atomic mass is 10.0. The van der Waals surface area contributed by atoms with E-state index in [4.69, 9.17) is 0 Å². The average Bonchev–Trinajstić information content (AvgIpc) is 2.54. The van der Waals surface area contributed by atoms with Gasteiger partial charge in [0.15, 0.2) is 0 Å². The maximum absolute atomic E-state index is 11.8. The van der Waals surface area contributed by atoms with Crippen molar-refractivity contribution < 1.29 is 4.79 Å². The van der Waals surface area contributed by atoms with Crippen LogP contribution in [0, 0.1) is 0 Å². The summed E-state index contributed by atoms with van der Waals surface area (Å²) in [6, 6.07) is 6.14. The van der Waals surface area contributed by atoms with Gasteiger partial charge in [0.05, 0.1) is 0 Å². The molecular formula is C12H11BrN2O. The highest BCUT2D eigenvalue weighted by Crippen LogP contribution is 2.29. The van der Waals surface area contributed by atoms with E-state index in [2.05, 4.69) is 27.3 Å². The van der Waals surface area contributed by atoms with Gasteiger partial charge in [-0.1, -0.05) is 15.9 Å². The molecule has 0 bridgehead atoms. The Labute approximate surface area is 102 Å². The number of aromatic nitrogens is 1. The van der Waals surface area contributed by atoms with Gasteiger partial charge in [-0.3, -0.25) is 4.79 Å². The van der Waals surface area contributed by atoms with Crippen LogP contribution in [0.4, 0.5) is 0 Å². The van der Waals surface area contributed by atoms with E-state index >= 15 is 0 Å². The Morgan fingerprint density at radius 2 is 2.25 bits per heavy atom. The quantitative estimate of drug-likeness (QED) is 0.788. The van der Waals surface area contributed by atoms with Gasteiger partial charge in [0, 0.05) is 29.0 Å². The number of nitrogens with one attached hydrogen (secondary N) is 1. The molecular weight excluding hydrogens is 268 g/mol. The van der Waals surface area contributed by atoms with Gasteiger partial charge < -0.3 is 9.88 Å². The van der Waals surface area contributed by atoms with Gasteiger partial charge in [0.2, 0.25) is 0 Å². The first kappa shape index (κ1) is 9.90. The first-order valence-corrected chi connectivity index (χ1v) is 6.03. The van der Waals surface area contributed by atoms with E-state index in [0.717, 1.165) is 28.6 Å². The van der Waals surface area contributed by atoms with Crippen molar-refractivity contribution in [3.63, 3.8) is 0 Å². The van der Waals surface area contributed by atoms with E-state index in [1.165, 1.54) is 10.9 Å². The second-order valence-electron chi connectivity index (χ2n) is 4.05. The third-order valence-corrected chi connectivity index (χ3v) is 3.64. The van der Waals surface area contributed by atoms with Crippen LogP contribution >= 0.6 is 15.9 Å². The van der Waals surface area contributed by atoms with E-state index in [1.807, 2.05) is 23.7 Å². The van der Waals surface area contributed by atoms with Crippen LogP contribution < -0.4 is 5.32 Å². The molecule has 0 aliphatic carbocycles. The van der Waals surface area contributed by atoms with Crippen molar-refractivity contribution in [3.8, 4) is 0 Å². The highest BCUT2D eigenvalue weighted by molar-refractivity contribution is 9.10. The Morgan fingerprint density at radius 3 is 3.06 bits per heavy atom. The fraction of sp³-hybridized carbons (Fsp3) is 0.250. The molecule has 0 saturated carbocycles. The third-order valence-electron chi connectivity index (χ3n) is 3.14. The van der Waals surface area contributed by atoms with Crippen molar-refractivity contribution in [2.75, 3.05) is 6.54 Å². The zero-order valence-corrected chi connectivity index (χ0v) is 10.5. The van der Waals surface area contributed by atoms with Gasteiger partial charge >= 0.3 is 0 Å². The number of amides is 1. The molecule has 0 unspecified atom stereocenters. The molecule has 1 aromatic heterocycles. The lowest BCUT2D eigenvalue weighted by molar-refractivity contribution is 0.0938. The van der Waals surface area contributed by atoms with Crippen LogP contribution in [0.1, 0.15) is 16.1 Å². The molecule has 1 N–H and O–H groups in total. The lowest BCUT2D eigenvalue weighted by Gasteiger charge is -2.13. The topological polar surface area (TPSA) is 34.0 Å². The smallest absolute Gasteiger partial charge is 0.268 e. The maximum Gasteiger partial charge on any atom is 0.268 e. The first-order valence-electron chi connectivity index (χ1n) is 5.23. The number of hydrogen-bond acceptors (Lipinski definition) is 1. The Kier molecular flexibility index (Phi) is 2.07. The SMILES string of the molecule is Cn1c2c(c3cc(Br)ccc31)CCNC2=O. The molecule has 0 radical (unpaired) electrons. The van der Waals surface area contributed by atoms with E-state index < -0.39 is 0 Å². The van der Waals surface area contributed by atoms with Crippen LogP contribution in [-0.2, 0) is 13.5 Å². The summed E-state index contributed by atoms with van der Waals surface area (Å²) in [6.45, 7) is 0.734. The maximum atomic E-state index is 11.8. The molecule has 3 nitrogen and oxygen atoms in total. The van der Waals surface area contributed by atoms with Gasteiger partial charge in [0.25, 0.3) is 5.91 Å². The minimum Gasteiger partial charge on any atom is -0.350 e. The number of hydrogen-bond donors (Lipinski definition) is 1. The molecule has 1 aliphatic rings. The summed E-state index contributed by atoms with van der Waals surface area (Å²) in [5.74, 6) is 0.0380. The molecule has 2 aromatic rings. The van der Waals surface area contributed by atoms with Crippen LogP contribution in [0.3, 0.4) is 0 Å². The third kappa shape index (κ3) is 1.23. The number of halogens is 1. The molecule has 0 spiro atoms. The minimum atomic E-state index is 0.0380. The van der Waals surface area contributed by atoms with E-state index in [9.17, 15) is 4.79 Å². The summed E-state index contributed by atoms with van der Waals surface area (Å²) in [6.07, 6.45) is 0.912. The van der Waals surface area contributed by atoms with Gasteiger partial charge in [-0.2, -0.15) is 0 Å². The van der Waals surface area contributed by atoms with Gasteiger partial charge in [-0.25, -0.2) is 0 Å². The van der Waals surface area contributed by atoms with Crippen LogP contribution in [0.5, 0.6) is 0 Å². The predicted molar refractivity (Wildman–Crippen MR) is 66.7 cm³/mol. The monoisotopic (exact) mass is 278 g/mol. The van der Waals surface area contributed by atoms with Crippen molar-refractivity contribution >= 4 is 32.7 Å². The largest absolute Gasteiger partial charge is 0.350 e. The normalized spacial score (nSPS) is 15.0. The molecule has 0 atom stereocenters. The Morgan fingerprint density at radius 1 is 1.44 bits per heavy atom. The highest BCUT2D eigenvalue weighted by atomic mass is 79.9. The summed E-state index contributed by atoms with van der Waals surface area (Å²) >= 11 is 3.47. The Balaban J connectivity index is 2.44. The number of carbonyl (C=O) groups is 1. The van der Waals surface area contributed by atoms with Crippen LogP contribution in [0.2, 0.25) is 0 Å². The van der Waals surface area contributed by atoms with Crippen molar-refractivity contribution in [1.29, 1.82) is 0 Å². The van der Waals surface area contributed by atoms with Crippen LogP contribution in [0.25, 0.3) is 10.9 Å². The molecule has 0 saturated heterocycles. The highest BCUT2D eigenvalue weighted by Gasteiger charge is 2.23. The van der Waals surface area contributed by atoms with Crippen molar-refractivity contribution in [3.05, 3.63) is 33.9 Å². The summed E-state index contributed by atoms with van der Waals surface area (Å²) < 4.78 is 3.03. The Bertz CT molecular complexity index is 601. The number of aryl methyl sites for hydroxylation is 1. The van der Waals surface area contributed by atoms with Crippen LogP contribution in [0.15, 0.2) is 22.7 Å². The second kappa shape index (κ2) is 3.35. The van der Waals surface area contributed by atoms with Crippen molar-refractivity contribution in [2.45, 2.75) is 6.42 Å². The fourth-order valence-electron chi connectivity index (χ4n) is 2.42. The summed E-state index contributed by atoms with van der Waals surface area (Å²) in [4.78, 5) is 11.8. The van der Waals surface area contributed by atoms with E-state index in [1.54, 1.807) is 0 Å². The van der Waals surface area contributed by atoms with E-state index in [-0.39, 0.29) is 5.91 Å². The van der Waals surface area contributed by atoms with Gasteiger partial charge in [0.1, 0.15) is 5.69 Å². The second-order valence-corrected chi connectivity index (χ2v) is 4.97. The van der Waals surface area contributed by atoms with Gasteiger partial charge in [-0.15, -0.1) is 0 Å². The summed E-state index contributed by atoms with van der Waals surface area (Å²) in [5.41, 5.74) is 3.09. The fourth-order valence-corrected chi connectivity index (χ4v) is 2.78. The summed E-state index contributed by atoms with van der Waals surface area (Å²) in [7, 11) is 1.94. The zero-order chi connectivity index (χ0) is 11.3. The molecule has 82 valence electrons. The van der Waals surface area contributed by atoms with Crippen molar-refractivity contribution in [1.82, 2.24) is 9.88 Å². The predicted octanol–water partition coefficient (Wildman–Crippen LogP) is 2.23. The number of carbonyl (C=O) groups excluding carboxylic acids is 1. The standard InChI is InChI=1S/C12H11BrN2O/c1-15-10-3-2-7(13)6-9(10)8-4-5-14-12(16)11(8)15/h2-3,6H,4-5H2,1H3,(H,14,16). The molecule has 1 aliphatic heterocycles. The molecule has 16 heavy (non-hydrogen) atoms. The van der Waals surface area contributed by atoms with E-state index in [0.29, 0.717) is 0 Å². The molecule has 1 aromatic carbocycles. The average molecular weight is 279 g/mol. The molecule has 2 heterocycles. The lowest BCUT2D eigenvalue weighted by Crippen LogP contribution is -2.32.